The van der Waals surface area contributed by atoms with E-state index >= 15 is 0 Å². The maximum atomic E-state index is 6.04. The van der Waals surface area contributed by atoms with E-state index < -0.39 is 0 Å². The lowest BCUT2D eigenvalue weighted by molar-refractivity contribution is 0.391. The summed E-state index contributed by atoms with van der Waals surface area (Å²) in [5, 5.41) is 14.3. The first kappa shape index (κ1) is 17.5. The molecule has 0 amide bonds. The first-order valence-electron chi connectivity index (χ1n) is 8.93. The molecule has 0 N–H and O–H groups in total. The van der Waals surface area contributed by atoms with Crippen LogP contribution in [0.15, 0.2) is 56.8 Å². The lowest BCUT2D eigenvalue weighted by atomic mass is 10.2. The number of nitrogens with zero attached hydrogens (tertiary/aromatic N) is 5. The summed E-state index contributed by atoms with van der Waals surface area (Å²) in [6.45, 7) is 0.617. The molecule has 0 spiro atoms. The van der Waals surface area contributed by atoms with Crippen molar-refractivity contribution in [2.24, 2.45) is 0 Å². The lowest BCUT2D eigenvalue weighted by Crippen LogP contribution is -2.05. The molecule has 28 heavy (non-hydrogen) atoms. The zero-order chi connectivity index (χ0) is 18.9. The summed E-state index contributed by atoms with van der Waals surface area (Å²) in [5.41, 5.74) is 0.824. The highest BCUT2D eigenvalue weighted by Gasteiger charge is 2.30. The maximum absolute atomic E-state index is 6.04. The van der Waals surface area contributed by atoms with Crippen molar-refractivity contribution >= 4 is 23.4 Å². The molecule has 3 aromatic heterocycles. The predicted molar refractivity (Wildman–Crippen MR) is 104 cm³/mol. The number of thioether (sulfide) groups is 1. The van der Waals surface area contributed by atoms with Crippen LogP contribution in [-0.4, -0.2) is 24.9 Å². The molecule has 1 aromatic carbocycles. The molecule has 1 fully saturated rings. The molecule has 1 aliphatic rings. The van der Waals surface area contributed by atoms with Crippen LogP contribution in [0.4, 0.5) is 0 Å². The monoisotopic (exact) mass is 413 g/mol. The van der Waals surface area contributed by atoms with Gasteiger partial charge in [-0.2, -0.15) is 4.98 Å². The van der Waals surface area contributed by atoms with Crippen LogP contribution in [0.5, 0.6) is 0 Å². The summed E-state index contributed by atoms with van der Waals surface area (Å²) in [7, 11) is 0. The van der Waals surface area contributed by atoms with Crippen molar-refractivity contribution in [2.75, 3.05) is 0 Å². The van der Waals surface area contributed by atoms with Gasteiger partial charge in [-0.25, -0.2) is 0 Å². The molecular formula is C19H16ClN5O2S. The van der Waals surface area contributed by atoms with E-state index in [1.807, 2.05) is 36.4 Å². The van der Waals surface area contributed by atoms with Gasteiger partial charge in [-0.15, -0.1) is 10.2 Å². The lowest BCUT2D eigenvalue weighted by Gasteiger charge is -2.07. The van der Waals surface area contributed by atoms with Crippen LogP contribution in [0.2, 0.25) is 5.02 Å². The highest BCUT2D eigenvalue weighted by molar-refractivity contribution is 7.98. The summed E-state index contributed by atoms with van der Waals surface area (Å²) in [6, 6.07) is 11.2. The van der Waals surface area contributed by atoms with Crippen LogP contribution >= 0.6 is 23.4 Å². The molecule has 1 aliphatic carbocycles. The van der Waals surface area contributed by atoms with Gasteiger partial charge in [-0.1, -0.05) is 40.7 Å². The third kappa shape index (κ3) is 3.70. The molecule has 3 heterocycles. The summed E-state index contributed by atoms with van der Waals surface area (Å²) >= 11 is 7.56. The van der Waals surface area contributed by atoms with Gasteiger partial charge < -0.3 is 8.94 Å². The van der Waals surface area contributed by atoms with Crippen LogP contribution in [0.3, 0.4) is 0 Å². The second-order valence-corrected chi connectivity index (χ2v) is 7.97. The van der Waals surface area contributed by atoms with E-state index in [4.69, 9.17) is 20.5 Å². The van der Waals surface area contributed by atoms with E-state index in [2.05, 4.69) is 24.9 Å². The van der Waals surface area contributed by atoms with Gasteiger partial charge in [0.05, 0.1) is 18.6 Å². The van der Waals surface area contributed by atoms with Gasteiger partial charge in [0.25, 0.3) is 0 Å². The Morgan fingerprint density at radius 3 is 2.89 bits per heavy atom. The minimum atomic E-state index is 0.495. The van der Waals surface area contributed by atoms with Crippen molar-refractivity contribution < 1.29 is 8.94 Å². The van der Waals surface area contributed by atoms with E-state index in [9.17, 15) is 0 Å². The summed E-state index contributed by atoms with van der Waals surface area (Å²) in [6.07, 6.45) is 4.00. The molecule has 0 radical (unpaired) electrons. The highest BCUT2D eigenvalue weighted by Crippen LogP contribution is 2.40. The Hall–Kier alpha value is -2.58. The Labute approximate surface area is 170 Å². The molecule has 142 valence electrons. The first-order valence-corrected chi connectivity index (χ1v) is 10.3. The Bertz CT molecular complexity index is 1090. The molecule has 1 saturated carbocycles. The molecule has 7 nitrogen and oxygen atoms in total. The molecule has 9 heteroatoms. The second-order valence-electron chi connectivity index (χ2n) is 6.59. The summed E-state index contributed by atoms with van der Waals surface area (Å²) in [4.78, 5) is 4.46. The Morgan fingerprint density at radius 1 is 1.18 bits per heavy atom. The zero-order valence-electron chi connectivity index (χ0n) is 14.8. The number of benzene rings is 1. The quantitative estimate of drug-likeness (QED) is 0.402. The maximum Gasteiger partial charge on any atom is 0.237 e. The molecular weight excluding hydrogens is 398 g/mol. The van der Waals surface area contributed by atoms with E-state index in [1.54, 1.807) is 6.26 Å². The highest BCUT2D eigenvalue weighted by atomic mass is 35.5. The average Bonchev–Trinajstić information content (AvgIpc) is 3.10. The van der Waals surface area contributed by atoms with E-state index in [0.717, 1.165) is 35.1 Å². The van der Waals surface area contributed by atoms with Crippen molar-refractivity contribution in [1.82, 2.24) is 24.9 Å². The fourth-order valence-corrected chi connectivity index (χ4v) is 3.91. The first-order chi connectivity index (χ1) is 13.8. The fraction of sp³-hybridized carbons (Fsp3) is 0.263. The van der Waals surface area contributed by atoms with E-state index in [0.29, 0.717) is 35.0 Å². The van der Waals surface area contributed by atoms with E-state index in [1.165, 1.54) is 11.8 Å². The Kier molecular flexibility index (Phi) is 4.66. The topological polar surface area (TPSA) is 82.8 Å². The molecule has 0 aliphatic heterocycles. The molecule has 0 unspecified atom stereocenters. The third-order valence-corrected chi connectivity index (χ3v) is 5.64. The minimum absolute atomic E-state index is 0.495. The third-order valence-electron chi connectivity index (χ3n) is 4.46. The molecule has 0 saturated heterocycles. The molecule has 0 atom stereocenters. The smallest absolute Gasteiger partial charge is 0.237 e. The van der Waals surface area contributed by atoms with Gasteiger partial charge in [-0.05, 0) is 37.1 Å². The second kappa shape index (κ2) is 7.44. The van der Waals surface area contributed by atoms with Crippen molar-refractivity contribution in [1.29, 1.82) is 0 Å². The van der Waals surface area contributed by atoms with Crippen LogP contribution in [-0.2, 0) is 12.3 Å². The summed E-state index contributed by atoms with van der Waals surface area (Å²) in [5.74, 6) is 3.95. The van der Waals surface area contributed by atoms with Gasteiger partial charge in [0.15, 0.2) is 5.16 Å². The SMILES string of the molecule is Clc1cccc(-c2noc(CSc3nnc(C4CC4)n3Cc3ccco3)n2)c1. The van der Waals surface area contributed by atoms with Gasteiger partial charge in [-0.3, -0.25) is 4.57 Å². The normalized spacial score (nSPS) is 13.9. The van der Waals surface area contributed by atoms with Gasteiger partial charge in [0, 0.05) is 16.5 Å². The number of hydrogen-bond acceptors (Lipinski definition) is 7. The number of rotatable bonds is 7. The van der Waals surface area contributed by atoms with Crippen molar-refractivity contribution in [3.8, 4) is 11.4 Å². The predicted octanol–water partition coefficient (Wildman–Crippen LogP) is 4.79. The van der Waals surface area contributed by atoms with Crippen LogP contribution in [0.1, 0.15) is 36.2 Å². The summed E-state index contributed by atoms with van der Waals surface area (Å²) < 4.78 is 13.0. The van der Waals surface area contributed by atoms with Crippen molar-refractivity contribution in [2.45, 2.75) is 36.2 Å². The number of hydrogen-bond donors (Lipinski definition) is 0. The average molecular weight is 414 g/mol. The van der Waals surface area contributed by atoms with Crippen molar-refractivity contribution in [3.63, 3.8) is 0 Å². The van der Waals surface area contributed by atoms with Crippen LogP contribution in [0, 0.1) is 0 Å². The van der Waals surface area contributed by atoms with Crippen LogP contribution in [0.25, 0.3) is 11.4 Å². The Morgan fingerprint density at radius 2 is 2.11 bits per heavy atom. The molecule has 0 bridgehead atoms. The van der Waals surface area contributed by atoms with Crippen molar-refractivity contribution in [3.05, 3.63) is 65.2 Å². The number of halogens is 1. The Balaban J connectivity index is 1.33. The zero-order valence-corrected chi connectivity index (χ0v) is 16.4. The largest absolute Gasteiger partial charge is 0.467 e. The standard InChI is InChI=1S/C19H16ClN5O2S/c20-14-4-1-3-13(9-14)17-21-16(27-24-17)11-28-19-23-22-18(12-6-7-12)25(19)10-15-5-2-8-26-15/h1-5,8-9,12H,6-7,10-11H2. The van der Waals surface area contributed by atoms with Gasteiger partial charge >= 0.3 is 0 Å². The van der Waals surface area contributed by atoms with E-state index in [-0.39, 0.29) is 0 Å². The van der Waals surface area contributed by atoms with Crippen LogP contribution < -0.4 is 0 Å². The van der Waals surface area contributed by atoms with Gasteiger partial charge in [0.2, 0.25) is 11.7 Å². The number of furan rings is 1. The van der Waals surface area contributed by atoms with Gasteiger partial charge in [0.1, 0.15) is 11.6 Å². The number of aromatic nitrogens is 5. The fourth-order valence-electron chi connectivity index (χ4n) is 2.94. The minimum Gasteiger partial charge on any atom is -0.467 e. The molecule has 4 aromatic rings. The molecule has 5 rings (SSSR count).